The van der Waals surface area contributed by atoms with Crippen LogP contribution in [0, 0.1) is 40.3 Å². The number of carbonyl (C=O) groups excluding carboxylic acids is 3. The minimum atomic E-state index is -2.58. The molecule has 4 unspecified atom stereocenters. The zero-order valence-corrected chi connectivity index (χ0v) is 21.5. The fourth-order valence-corrected chi connectivity index (χ4v) is 8.11. The molecule has 36 heavy (non-hydrogen) atoms. The Morgan fingerprint density at radius 3 is 2.25 bits per heavy atom. The Morgan fingerprint density at radius 1 is 1.17 bits per heavy atom. The summed E-state index contributed by atoms with van der Waals surface area (Å²) in [5, 5.41) is 45.4. The molecular weight excluding hydrogens is 469 g/mol. The predicted molar refractivity (Wildman–Crippen MR) is 127 cm³/mol. The molecule has 8 nitrogen and oxygen atoms in total. The molecule has 0 spiro atoms. The molecule has 6 N–H and O–H groups in total. The fraction of sp³-hybridized carbons (Fsp3) is 0.667. The molecule has 0 aliphatic heterocycles. The van der Waals surface area contributed by atoms with Crippen LogP contribution in [0.3, 0.4) is 0 Å². The maximum absolute atomic E-state index is 14.7. The molecule has 2 fully saturated rings. The Bertz CT molecular complexity index is 1170. The van der Waals surface area contributed by atoms with Gasteiger partial charge in [0.25, 0.3) is 0 Å². The molecule has 0 heterocycles. The van der Waals surface area contributed by atoms with E-state index in [1.165, 1.54) is 6.07 Å². The van der Waals surface area contributed by atoms with Gasteiger partial charge in [0.1, 0.15) is 12.0 Å². The number of aliphatic hydroxyl groups excluding tert-OH is 2. The van der Waals surface area contributed by atoms with Crippen LogP contribution in [-0.4, -0.2) is 55.7 Å². The van der Waals surface area contributed by atoms with E-state index in [2.05, 4.69) is 0 Å². The first-order chi connectivity index (χ1) is 16.5. The molecule has 198 valence electrons. The Hall–Kier alpha value is -2.36. The third kappa shape index (κ3) is 3.12. The first kappa shape index (κ1) is 26.7. The summed E-state index contributed by atoms with van der Waals surface area (Å²) < 4.78 is 14.7. The number of halogens is 1. The van der Waals surface area contributed by atoms with Crippen LogP contribution >= 0.6 is 0 Å². The van der Waals surface area contributed by atoms with Gasteiger partial charge in [0, 0.05) is 5.41 Å². The number of Topliss-reactive ketones (excluding diaryl/α,β-unsaturated/α-hetero) is 2. The second kappa shape index (κ2) is 8.07. The number of hydrogen-bond acceptors (Lipinski definition) is 7. The second-order valence-electron chi connectivity index (χ2n) is 12.3. The van der Waals surface area contributed by atoms with Gasteiger partial charge in [0.05, 0.1) is 17.6 Å². The van der Waals surface area contributed by atoms with Crippen LogP contribution in [0.25, 0.3) is 0 Å². The molecular formula is C27H36FNO7. The minimum Gasteiger partial charge on any atom is -0.504 e. The Kier molecular flexibility index (Phi) is 5.98. The van der Waals surface area contributed by atoms with Gasteiger partial charge in [-0.15, -0.1) is 0 Å². The van der Waals surface area contributed by atoms with Crippen molar-refractivity contribution in [1.29, 1.82) is 0 Å². The zero-order valence-electron chi connectivity index (χ0n) is 21.5. The molecule has 1 amide bonds. The maximum Gasteiger partial charge on any atom is 0.230 e. The van der Waals surface area contributed by atoms with Gasteiger partial charge >= 0.3 is 0 Å². The minimum absolute atomic E-state index is 0.0518. The van der Waals surface area contributed by atoms with E-state index < -0.39 is 75.4 Å². The van der Waals surface area contributed by atoms with Crippen LogP contribution in [0.5, 0.6) is 5.75 Å². The van der Waals surface area contributed by atoms with E-state index in [1.807, 2.05) is 13.8 Å². The number of phenols is 1. The highest BCUT2D eigenvalue weighted by molar-refractivity contribution is 6.09. The van der Waals surface area contributed by atoms with E-state index in [4.69, 9.17) is 5.73 Å². The molecule has 9 heteroatoms. The van der Waals surface area contributed by atoms with Crippen LogP contribution in [0.4, 0.5) is 4.39 Å². The first-order valence-corrected chi connectivity index (χ1v) is 12.5. The number of aliphatic hydroxyl groups is 3. The van der Waals surface area contributed by atoms with Crippen LogP contribution < -0.4 is 5.73 Å². The smallest absolute Gasteiger partial charge is 0.230 e. The molecule has 0 saturated heterocycles. The number of hydrogen-bond donors (Lipinski definition) is 5. The second-order valence-corrected chi connectivity index (χ2v) is 12.3. The van der Waals surface area contributed by atoms with Crippen LogP contribution in [0.2, 0.25) is 0 Å². The number of nitrogens with two attached hydrogens (primary N) is 1. The predicted octanol–water partition coefficient (Wildman–Crippen LogP) is 1.84. The Morgan fingerprint density at radius 2 is 1.75 bits per heavy atom. The molecule has 1 aromatic rings. The van der Waals surface area contributed by atoms with Crippen molar-refractivity contribution in [2.24, 2.45) is 40.2 Å². The summed E-state index contributed by atoms with van der Waals surface area (Å²) in [5.74, 6) is -9.24. The zero-order chi connectivity index (χ0) is 27.3. The molecule has 8 atom stereocenters. The van der Waals surface area contributed by atoms with E-state index in [0.29, 0.717) is 11.1 Å². The third-order valence-corrected chi connectivity index (χ3v) is 9.39. The summed E-state index contributed by atoms with van der Waals surface area (Å²) in [4.78, 5) is 39.7. The summed E-state index contributed by atoms with van der Waals surface area (Å²) >= 11 is 0. The molecule has 0 radical (unpaired) electrons. The molecule has 3 aliphatic carbocycles. The Labute approximate surface area is 209 Å². The highest BCUT2D eigenvalue weighted by Gasteiger charge is 2.75. The average Bonchev–Trinajstić information content (AvgIpc) is 2.72. The molecule has 2 saturated carbocycles. The lowest BCUT2D eigenvalue weighted by Gasteiger charge is -2.66. The highest BCUT2D eigenvalue weighted by Crippen LogP contribution is 2.65. The number of amides is 1. The van der Waals surface area contributed by atoms with Crippen molar-refractivity contribution in [1.82, 2.24) is 0 Å². The summed E-state index contributed by atoms with van der Waals surface area (Å²) in [5.41, 5.74) is 1.23. The van der Waals surface area contributed by atoms with Gasteiger partial charge in [-0.2, -0.15) is 0 Å². The van der Waals surface area contributed by atoms with E-state index >= 15 is 0 Å². The number of benzene rings is 1. The summed E-state index contributed by atoms with van der Waals surface area (Å²) in [6.45, 7) is 10.6. The fourth-order valence-electron chi connectivity index (χ4n) is 8.11. The SMILES string of the molecule is CC(C)c1cc(F)c(O)c2c1C[C@]1(C)C[C@]3(C)[C@@H](C(C)C)C(O)C(C(N)=O)C(=O)[C@]3(O)C(O)C1C2=O. The largest absolute Gasteiger partial charge is 0.504 e. The maximum atomic E-state index is 14.7. The lowest BCUT2D eigenvalue weighted by molar-refractivity contribution is -0.265. The van der Waals surface area contributed by atoms with Gasteiger partial charge in [0.15, 0.2) is 28.7 Å². The third-order valence-electron chi connectivity index (χ3n) is 9.39. The normalized spacial score (nSPS) is 40.2. The van der Waals surface area contributed by atoms with Crippen molar-refractivity contribution >= 4 is 17.5 Å². The lowest BCUT2D eigenvalue weighted by Crippen LogP contribution is -2.79. The number of fused-ring (bicyclic) bond motifs is 3. The van der Waals surface area contributed by atoms with Crippen LogP contribution in [0.15, 0.2) is 6.07 Å². The van der Waals surface area contributed by atoms with Crippen molar-refractivity contribution in [2.45, 2.75) is 78.1 Å². The number of primary amides is 1. The van der Waals surface area contributed by atoms with Gasteiger partial charge < -0.3 is 26.2 Å². The first-order valence-electron chi connectivity index (χ1n) is 12.5. The van der Waals surface area contributed by atoms with E-state index in [9.17, 15) is 39.2 Å². The molecule has 1 aromatic carbocycles. The number of rotatable bonds is 3. The monoisotopic (exact) mass is 505 g/mol. The van der Waals surface area contributed by atoms with Gasteiger partial charge in [0.2, 0.25) is 5.91 Å². The number of aromatic hydroxyl groups is 1. The molecule has 0 bridgehead atoms. The van der Waals surface area contributed by atoms with Crippen LogP contribution in [-0.2, 0) is 16.0 Å². The van der Waals surface area contributed by atoms with Crippen molar-refractivity contribution < 1.29 is 39.2 Å². The summed E-state index contributed by atoms with van der Waals surface area (Å²) in [6.07, 6.45) is -3.23. The topological polar surface area (TPSA) is 158 Å². The lowest BCUT2D eigenvalue weighted by atomic mass is 9.39. The van der Waals surface area contributed by atoms with E-state index in [1.54, 1.807) is 27.7 Å². The van der Waals surface area contributed by atoms with Gasteiger partial charge in [-0.1, -0.05) is 41.5 Å². The standard InChI is InChI=1S/C27H36FNO7/c1-10(2)12-7-14(28)19(30)15-13(12)8-25(5)9-26(6)17(11(3)4)21(32)16(24(29)35)22(33)27(26,36)23(34)18(25)20(15)31/h7,10-11,16-18,21,23,30,32,34,36H,8-9H2,1-6H3,(H2,29,35)/t16?,17-,18?,21?,23?,25+,26+,27-/m0/s1. The van der Waals surface area contributed by atoms with Gasteiger partial charge in [-0.05, 0) is 53.2 Å². The molecule has 4 rings (SSSR count). The van der Waals surface area contributed by atoms with Crippen molar-refractivity contribution in [2.75, 3.05) is 0 Å². The van der Waals surface area contributed by atoms with Crippen molar-refractivity contribution in [3.8, 4) is 5.75 Å². The number of ketones is 2. The van der Waals surface area contributed by atoms with Crippen molar-refractivity contribution in [3.05, 3.63) is 28.6 Å². The molecule has 3 aliphatic rings. The van der Waals surface area contributed by atoms with Gasteiger partial charge in [-0.3, -0.25) is 14.4 Å². The highest BCUT2D eigenvalue weighted by atomic mass is 19.1. The van der Waals surface area contributed by atoms with E-state index in [-0.39, 0.29) is 30.2 Å². The summed E-state index contributed by atoms with van der Waals surface area (Å²) in [6, 6.07) is 1.22. The van der Waals surface area contributed by atoms with Crippen LogP contribution in [0.1, 0.15) is 75.4 Å². The Balaban J connectivity index is 2.00. The number of phenolic OH excluding ortho intramolecular Hbond substituents is 1. The quantitative estimate of drug-likeness (QED) is 0.392. The molecule has 0 aromatic heterocycles. The van der Waals surface area contributed by atoms with E-state index in [0.717, 1.165) is 0 Å². The number of carbonyl (C=O) groups is 3. The average molecular weight is 506 g/mol. The van der Waals surface area contributed by atoms with Gasteiger partial charge in [-0.25, -0.2) is 4.39 Å². The summed E-state index contributed by atoms with van der Waals surface area (Å²) in [7, 11) is 0. The van der Waals surface area contributed by atoms with Crippen molar-refractivity contribution in [3.63, 3.8) is 0 Å².